The predicted molar refractivity (Wildman–Crippen MR) is 103 cm³/mol. The van der Waals surface area contributed by atoms with Crippen LogP contribution in [0.1, 0.15) is 35.2 Å². The van der Waals surface area contributed by atoms with E-state index in [1.165, 1.54) is 0 Å². The summed E-state index contributed by atoms with van der Waals surface area (Å²) in [6.45, 7) is 0. The first-order chi connectivity index (χ1) is 12.1. The molecule has 0 saturated heterocycles. The van der Waals surface area contributed by atoms with Gasteiger partial charge in [0.2, 0.25) is 0 Å². The quantitative estimate of drug-likeness (QED) is 0.790. The second-order valence-electron chi connectivity index (χ2n) is 6.63. The van der Waals surface area contributed by atoms with E-state index in [0.717, 1.165) is 40.6 Å². The van der Waals surface area contributed by atoms with Crippen molar-refractivity contribution in [3.05, 3.63) is 70.2 Å². The molecule has 1 amide bonds. The van der Waals surface area contributed by atoms with Crippen molar-refractivity contribution in [1.82, 2.24) is 0 Å². The number of ketones is 1. The molecule has 2 aliphatic rings. The molecule has 1 N–H and O–H groups in total. The fraction of sp³-hybridized carbons (Fsp3) is 0.238. The molecule has 2 atom stereocenters. The third kappa shape index (κ3) is 2.95. The molecule has 0 aliphatic heterocycles. The number of anilines is 1. The molecule has 2 aliphatic carbocycles. The van der Waals surface area contributed by atoms with Gasteiger partial charge in [-0.25, -0.2) is 0 Å². The second kappa shape index (κ2) is 6.60. The average Bonchev–Trinajstić information content (AvgIpc) is 3.20. The van der Waals surface area contributed by atoms with Crippen LogP contribution in [-0.4, -0.2) is 11.7 Å². The van der Waals surface area contributed by atoms with Gasteiger partial charge in [-0.3, -0.25) is 9.59 Å². The summed E-state index contributed by atoms with van der Waals surface area (Å²) < 4.78 is 0.739. The van der Waals surface area contributed by atoms with Gasteiger partial charge in [0.05, 0.1) is 4.48 Å². The van der Waals surface area contributed by atoms with Gasteiger partial charge >= 0.3 is 0 Å². The molecule has 25 heavy (non-hydrogen) atoms. The monoisotopic (exact) mass is 395 g/mol. The van der Waals surface area contributed by atoms with Crippen LogP contribution in [-0.2, 0) is 4.79 Å². The normalized spacial score (nSPS) is 22.2. The number of carbonyl (C=O) groups is 2. The van der Waals surface area contributed by atoms with Crippen molar-refractivity contribution in [2.75, 3.05) is 5.32 Å². The highest BCUT2D eigenvalue weighted by Crippen LogP contribution is 2.51. The largest absolute Gasteiger partial charge is 0.322 e. The van der Waals surface area contributed by atoms with Crippen molar-refractivity contribution < 1.29 is 9.59 Å². The Labute approximate surface area is 155 Å². The first-order valence-corrected chi connectivity index (χ1v) is 9.35. The Hall–Kier alpha value is -2.20. The standard InChI is InChI=1S/C21H18BrNO2/c22-19-18(16-7-4-8-17(16)20(19)24)13-9-11-15(12-10-13)23-21(25)14-5-2-1-3-6-14/h1-3,5-6,9-12,16-17H,4,7-8H2,(H,23,25). The van der Waals surface area contributed by atoms with Gasteiger partial charge in [0, 0.05) is 17.2 Å². The van der Waals surface area contributed by atoms with Gasteiger partial charge in [0.15, 0.2) is 5.78 Å². The van der Waals surface area contributed by atoms with E-state index in [-0.39, 0.29) is 17.6 Å². The summed E-state index contributed by atoms with van der Waals surface area (Å²) in [6.07, 6.45) is 3.19. The van der Waals surface area contributed by atoms with Crippen LogP contribution >= 0.6 is 15.9 Å². The number of hydrogen-bond donors (Lipinski definition) is 1. The molecule has 126 valence electrons. The lowest BCUT2D eigenvalue weighted by atomic mass is 9.90. The highest BCUT2D eigenvalue weighted by atomic mass is 79.9. The second-order valence-corrected chi connectivity index (χ2v) is 7.43. The summed E-state index contributed by atoms with van der Waals surface area (Å²) in [4.78, 5) is 24.6. The molecule has 2 unspecified atom stereocenters. The highest BCUT2D eigenvalue weighted by Gasteiger charge is 2.43. The number of Topliss-reactive ketones (excluding diaryl/α,β-unsaturated/α-hetero) is 1. The van der Waals surface area contributed by atoms with Crippen molar-refractivity contribution in [3.8, 4) is 0 Å². The summed E-state index contributed by atoms with van der Waals surface area (Å²) in [7, 11) is 0. The van der Waals surface area contributed by atoms with E-state index in [0.29, 0.717) is 11.5 Å². The van der Waals surface area contributed by atoms with Gasteiger partial charge in [-0.05, 0) is 70.1 Å². The van der Waals surface area contributed by atoms with Crippen LogP contribution in [0.25, 0.3) is 5.57 Å². The summed E-state index contributed by atoms with van der Waals surface area (Å²) >= 11 is 3.51. The first kappa shape index (κ1) is 16.3. The number of hydrogen-bond acceptors (Lipinski definition) is 2. The van der Waals surface area contributed by atoms with Crippen LogP contribution < -0.4 is 5.32 Å². The Kier molecular flexibility index (Phi) is 4.30. The summed E-state index contributed by atoms with van der Waals surface area (Å²) in [5.41, 5.74) is 3.58. The molecule has 1 fully saturated rings. The summed E-state index contributed by atoms with van der Waals surface area (Å²) in [6, 6.07) is 16.9. The van der Waals surface area contributed by atoms with Crippen LogP contribution in [0.5, 0.6) is 0 Å². The van der Waals surface area contributed by atoms with Crippen molar-refractivity contribution in [3.63, 3.8) is 0 Å². The topological polar surface area (TPSA) is 46.2 Å². The first-order valence-electron chi connectivity index (χ1n) is 8.56. The number of fused-ring (bicyclic) bond motifs is 1. The van der Waals surface area contributed by atoms with E-state index in [4.69, 9.17) is 0 Å². The van der Waals surface area contributed by atoms with Crippen LogP contribution in [0.15, 0.2) is 59.1 Å². The maximum atomic E-state index is 12.4. The lowest BCUT2D eigenvalue weighted by molar-refractivity contribution is -0.118. The van der Waals surface area contributed by atoms with Crippen molar-refractivity contribution in [2.24, 2.45) is 11.8 Å². The van der Waals surface area contributed by atoms with Crippen LogP contribution in [0.4, 0.5) is 5.69 Å². The Morgan fingerprint density at radius 3 is 2.36 bits per heavy atom. The molecule has 0 heterocycles. The molecule has 0 radical (unpaired) electrons. The Morgan fingerprint density at radius 2 is 1.64 bits per heavy atom. The Balaban J connectivity index is 1.55. The maximum Gasteiger partial charge on any atom is 0.255 e. The minimum atomic E-state index is -0.124. The number of halogens is 1. The van der Waals surface area contributed by atoms with E-state index in [9.17, 15) is 9.59 Å². The molecule has 2 aromatic rings. The van der Waals surface area contributed by atoms with E-state index < -0.39 is 0 Å². The zero-order chi connectivity index (χ0) is 17.4. The van der Waals surface area contributed by atoms with Gasteiger partial charge in [-0.1, -0.05) is 36.8 Å². The van der Waals surface area contributed by atoms with E-state index in [2.05, 4.69) is 21.2 Å². The SMILES string of the molecule is O=C(Nc1ccc(C2=C(Br)C(=O)C3CCCC23)cc1)c1ccccc1. The molecule has 0 spiro atoms. The predicted octanol–water partition coefficient (Wildman–Crippen LogP) is 5.04. The highest BCUT2D eigenvalue weighted by molar-refractivity contribution is 9.12. The van der Waals surface area contributed by atoms with E-state index in [1.807, 2.05) is 42.5 Å². The number of allylic oxidation sites excluding steroid dienone is 2. The molecule has 2 aromatic carbocycles. The Bertz CT molecular complexity index is 855. The van der Waals surface area contributed by atoms with Gasteiger partial charge in [-0.2, -0.15) is 0 Å². The zero-order valence-electron chi connectivity index (χ0n) is 13.7. The van der Waals surface area contributed by atoms with Gasteiger partial charge < -0.3 is 5.32 Å². The van der Waals surface area contributed by atoms with E-state index in [1.54, 1.807) is 12.1 Å². The number of nitrogens with one attached hydrogen (secondary N) is 1. The number of rotatable bonds is 3. The average molecular weight is 396 g/mol. The fourth-order valence-electron chi connectivity index (χ4n) is 3.94. The van der Waals surface area contributed by atoms with Gasteiger partial charge in [0.1, 0.15) is 0 Å². The molecule has 4 rings (SSSR count). The summed E-state index contributed by atoms with van der Waals surface area (Å²) in [5.74, 6) is 0.619. The van der Waals surface area contributed by atoms with Crippen LogP contribution in [0, 0.1) is 11.8 Å². The maximum absolute atomic E-state index is 12.4. The third-order valence-corrected chi connectivity index (χ3v) is 5.98. The smallest absolute Gasteiger partial charge is 0.255 e. The lowest BCUT2D eigenvalue weighted by Crippen LogP contribution is -2.11. The minimum Gasteiger partial charge on any atom is -0.322 e. The van der Waals surface area contributed by atoms with Gasteiger partial charge in [0.25, 0.3) is 5.91 Å². The van der Waals surface area contributed by atoms with Crippen molar-refractivity contribution >= 4 is 38.9 Å². The van der Waals surface area contributed by atoms with Crippen LogP contribution in [0.3, 0.4) is 0 Å². The lowest BCUT2D eigenvalue weighted by Gasteiger charge is -2.14. The molecular formula is C21H18BrNO2. The minimum absolute atomic E-state index is 0.124. The number of benzene rings is 2. The molecule has 1 saturated carbocycles. The number of carbonyl (C=O) groups excluding carboxylic acids is 2. The zero-order valence-corrected chi connectivity index (χ0v) is 15.3. The summed E-state index contributed by atoms with van der Waals surface area (Å²) in [5, 5.41) is 2.91. The third-order valence-electron chi connectivity index (χ3n) is 5.17. The molecule has 0 aromatic heterocycles. The molecule has 3 nitrogen and oxygen atoms in total. The molecular weight excluding hydrogens is 378 g/mol. The van der Waals surface area contributed by atoms with Crippen LogP contribution in [0.2, 0.25) is 0 Å². The fourth-order valence-corrected chi connectivity index (χ4v) is 4.76. The number of amides is 1. The Morgan fingerprint density at radius 1 is 0.960 bits per heavy atom. The van der Waals surface area contributed by atoms with E-state index >= 15 is 0 Å². The van der Waals surface area contributed by atoms with Crippen molar-refractivity contribution in [1.29, 1.82) is 0 Å². The van der Waals surface area contributed by atoms with Gasteiger partial charge in [-0.15, -0.1) is 0 Å². The van der Waals surface area contributed by atoms with Crippen molar-refractivity contribution in [2.45, 2.75) is 19.3 Å². The molecule has 4 heteroatoms. The molecule has 0 bridgehead atoms.